The highest BCUT2D eigenvalue weighted by Gasteiger charge is 2.17. The van der Waals surface area contributed by atoms with E-state index in [2.05, 4.69) is 10.1 Å². The molecule has 0 atom stereocenters. The SMILES string of the molecule is O=C(CCc1ncnn1Cc1c(F)cccc1Cl)N1CCCCCC1. The van der Waals surface area contributed by atoms with Crippen LogP contribution in [0, 0.1) is 5.82 Å². The lowest BCUT2D eigenvalue weighted by atomic mass is 10.2. The van der Waals surface area contributed by atoms with Crippen LogP contribution < -0.4 is 0 Å². The lowest BCUT2D eigenvalue weighted by Crippen LogP contribution is -2.32. The summed E-state index contributed by atoms with van der Waals surface area (Å²) in [6.07, 6.45) is 6.86. The van der Waals surface area contributed by atoms with Gasteiger partial charge in [0.25, 0.3) is 0 Å². The first-order chi connectivity index (χ1) is 12.1. The number of carbonyl (C=O) groups is 1. The van der Waals surface area contributed by atoms with Gasteiger partial charge in [-0.05, 0) is 25.0 Å². The van der Waals surface area contributed by atoms with E-state index >= 15 is 0 Å². The van der Waals surface area contributed by atoms with Gasteiger partial charge in [-0.2, -0.15) is 5.10 Å². The summed E-state index contributed by atoms with van der Waals surface area (Å²) in [6.45, 7) is 1.89. The zero-order valence-electron chi connectivity index (χ0n) is 14.1. The van der Waals surface area contributed by atoms with E-state index in [0.717, 1.165) is 25.9 Å². The highest BCUT2D eigenvalue weighted by Crippen LogP contribution is 2.20. The molecule has 1 amide bonds. The number of rotatable bonds is 5. The van der Waals surface area contributed by atoms with Crippen molar-refractivity contribution in [2.24, 2.45) is 0 Å². The molecule has 0 radical (unpaired) electrons. The third kappa shape index (κ3) is 4.57. The molecule has 3 rings (SSSR count). The first-order valence-corrected chi connectivity index (χ1v) is 9.10. The van der Waals surface area contributed by atoms with E-state index in [1.807, 2.05) is 4.90 Å². The van der Waals surface area contributed by atoms with E-state index in [0.29, 0.717) is 29.3 Å². The van der Waals surface area contributed by atoms with Crippen LogP contribution in [-0.4, -0.2) is 38.7 Å². The Morgan fingerprint density at radius 3 is 2.68 bits per heavy atom. The minimum Gasteiger partial charge on any atom is -0.343 e. The van der Waals surface area contributed by atoms with E-state index in [1.165, 1.54) is 25.2 Å². The molecule has 1 fully saturated rings. The predicted octanol–water partition coefficient (Wildman–Crippen LogP) is 3.45. The summed E-state index contributed by atoms with van der Waals surface area (Å²) in [5.74, 6) is 0.456. The molecule has 0 unspecified atom stereocenters. The standard InChI is InChI=1S/C18H22ClFN4O/c19-15-6-5-7-16(20)14(15)12-24-17(21-13-22-24)8-9-18(25)23-10-3-1-2-4-11-23/h5-7,13H,1-4,8-12H2. The summed E-state index contributed by atoms with van der Waals surface area (Å²) < 4.78 is 15.6. The Morgan fingerprint density at radius 2 is 1.96 bits per heavy atom. The van der Waals surface area contributed by atoms with Crippen molar-refractivity contribution in [2.45, 2.75) is 45.1 Å². The second-order valence-electron chi connectivity index (χ2n) is 6.33. The number of hydrogen-bond donors (Lipinski definition) is 0. The molecule has 7 heteroatoms. The third-order valence-corrected chi connectivity index (χ3v) is 4.94. The van der Waals surface area contributed by atoms with Crippen LogP contribution in [0.15, 0.2) is 24.5 Å². The fraction of sp³-hybridized carbons (Fsp3) is 0.500. The van der Waals surface area contributed by atoms with Gasteiger partial charge in [0.2, 0.25) is 5.91 Å². The summed E-state index contributed by atoms with van der Waals surface area (Å²) in [7, 11) is 0. The molecule has 25 heavy (non-hydrogen) atoms. The highest BCUT2D eigenvalue weighted by atomic mass is 35.5. The van der Waals surface area contributed by atoms with Crippen LogP contribution in [0.5, 0.6) is 0 Å². The normalized spacial score (nSPS) is 15.2. The number of amides is 1. The van der Waals surface area contributed by atoms with Crippen molar-refractivity contribution in [2.75, 3.05) is 13.1 Å². The number of benzene rings is 1. The van der Waals surface area contributed by atoms with Gasteiger partial charge in [0, 0.05) is 36.5 Å². The summed E-state index contributed by atoms with van der Waals surface area (Å²) >= 11 is 6.08. The third-order valence-electron chi connectivity index (χ3n) is 4.59. The van der Waals surface area contributed by atoms with Gasteiger partial charge in [-0.3, -0.25) is 4.79 Å². The van der Waals surface area contributed by atoms with Crippen LogP contribution in [-0.2, 0) is 17.8 Å². The van der Waals surface area contributed by atoms with Crippen LogP contribution in [0.3, 0.4) is 0 Å². The van der Waals surface area contributed by atoms with E-state index in [1.54, 1.807) is 16.8 Å². The predicted molar refractivity (Wildman–Crippen MR) is 93.9 cm³/mol. The zero-order chi connectivity index (χ0) is 17.6. The Labute approximate surface area is 151 Å². The molecule has 1 aromatic heterocycles. The van der Waals surface area contributed by atoms with E-state index in [-0.39, 0.29) is 18.3 Å². The minimum absolute atomic E-state index is 0.153. The number of hydrogen-bond acceptors (Lipinski definition) is 3. The average Bonchev–Trinajstić information content (AvgIpc) is 2.86. The Kier molecular flexibility index (Phi) is 6.02. The number of aromatic nitrogens is 3. The topological polar surface area (TPSA) is 51.0 Å². The van der Waals surface area contributed by atoms with E-state index < -0.39 is 0 Å². The number of carbonyl (C=O) groups excluding carboxylic acids is 1. The lowest BCUT2D eigenvalue weighted by molar-refractivity contribution is -0.131. The maximum atomic E-state index is 14.0. The van der Waals surface area contributed by atoms with Gasteiger partial charge >= 0.3 is 0 Å². The number of halogens is 2. The molecule has 0 spiro atoms. The van der Waals surface area contributed by atoms with Crippen molar-refractivity contribution in [1.82, 2.24) is 19.7 Å². The molecule has 2 heterocycles. The first kappa shape index (κ1) is 17.9. The van der Waals surface area contributed by atoms with Gasteiger partial charge in [-0.1, -0.05) is 30.5 Å². The second kappa shape index (κ2) is 8.43. The van der Waals surface area contributed by atoms with Crippen molar-refractivity contribution < 1.29 is 9.18 Å². The second-order valence-corrected chi connectivity index (χ2v) is 6.74. The summed E-state index contributed by atoms with van der Waals surface area (Å²) in [5.41, 5.74) is 0.384. The van der Waals surface area contributed by atoms with Crippen LogP contribution in [0.4, 0.5) is 4.39 Å². The molecule has 2 aromatic rings. The molecular formula is C18H22ClFN4O. The highest BCUT2D eigenvalue weighted by molar-refractivity contribution is 6.31. The van der Waals surface area contributed by atoms with Gasteiger partial charge < -0.3 is 4.90 Å². The summed E-state index contributed by atoms with van der Waals surface area (Å²) in [4.78, 5) is 18.6. The smallest absolute Gasteiger partial charge is 0.223 e. The zero-order valence-corrected chi connectivity index (χ0v) is 14.9. The monoisotopic (exact) mass is 364 g/mol. The van der Waals surface area contributed by atoms with Gasteiger partial charge in [0.15, 0.2) is 0 Å². The molecule has 0 aliphatic carbocycles. The number of likely N-dealkylation sites (tertiary alicyclic amines) is 1. The van der Waals surface area contributed by atoms with Gasteiger partial charge in [0.1, 0.15) is 18.0 Å². The van der Waals surface area contributed by atoms with Crippen molar-refractivity contribution in [3.05, 3.63) is 46.8 Å². The maximum absolute atomic E-state index is 14.0. The first-order valence-electron chi connectivity index (χ1n) is 8.72. The molecule has 0 saturated carbocycles. The van der Waals surface area contributed by atoms with Gasteiger partial charge in [0.05, 0.1) is 6.54 Å². The van der Waals surface area contributed by atoms with Crippen LogP contribution in [0.2, 0.25) is 5.02 Å². The summed E-state index contributed by atoms with van der Waals surface area (Å²) in [6, 6.07) is 4.60. The molecule has 1 aliphatic heterocycles. The van der Waals surface area contributed by atoms with Gasteiger partial charge in [-0.25, -0.2) is 14.1 Å². The van der Waals surface area contributed by atoms with Crippen LogP contribution in [0.1, 0.15) is 43.5 Å². The summed E-state index contributed by atoms with van der Waals surface area (Å²) in [5, 5.41) is 4.52. The molecule has 134 valence electrons. The molecule has 5 nitrogen and oxygen atoms in total. The van der Waals surface area contributed by atoms with Crippen LogP contribution >= 0.6 is 11.6 Å². The largest absolute Gasteiger partial charge is 0.343 e. The molecule has 1 aliphatic rings. The lowest BCUT2D eigenvalue weighted by Gasteiger charge is -2.20. The van der Waals surface area contributed by atoms with Crippen LogP contribution in [0.25, 0.3) is 0 Å². The molecule has 0 N–H and O–H groups in total. The molecule has 1 aromatic carbocycles. The number of nitrogens with zero attached hydrogens (tertiary/aromatic N) is 4. The fourth-order valence-corrected chi connectivity index (χ4v) is 3.37. The van der Waals surface area contributed by atoms with Crippen molar-refractivity contribution in [3.63, 3.8) is 0 Å². The molecule has 0 bridgehead atoms. The fourth-order valence-electron chi connectivity index (χ4n) is 3.14. The maximum Gasteiger partial charge on any atom is 0.223 e. The van der Waals surface area contributed by atoms with Crippen molar-refractivity contribution in [1.29, 1.82) is 0 Å². The van der Waals surface area contributed by atoms with Crippen molar-refractivity contribution >= 4 is 17.5 Å². The quantitative estimate of drug-likeness (QED) is 0.816. The number of aryl methyl sites for hydroxylation is 1. The average molecular weight is 365 g/mol. The minimum atomic E-state index is -0.366. The Morgan fingerprint density at radius 1 is 1.20 bits per heavy atom. The van der Waals surface area contributed by atoms with Gasteiger partial charge in [-0.15, -0.1) is 0 Å². The van der Waals surface area contributed by atoms with E-state index in [9.17, 15) is 9.18 Å². The molecule has 1 saturated heterocycles. The Bertz CT molecular complexity index is 705. The molecular weight excluding hydrogens is 343 g/mol. The Hall–Kier alpha value is -1.95. The Balaban J connectivity index is 1.63. The van der Waals surface area contributed by atoms with Crippen molar-refractivity contribution in [3.8, 4) is 0 Å². The van der Waals surface area contributed by atoms with E-state index in [4.69, 9.17) is 11.6 Å².